The average Bonchev–Trinajstić information content (AvgIpc) is 2.96. The summed E-state index contributed by atoms with van der Waals surface area (Å²) in [5.74, 6) is -0.226. The highest BCUT2D eigenvalue weighted by Gasteiger charge is 2.46. The van der Waals surface area contributed by atoms with Crippen molar-refractivity contribution in [3.05, 3.63) is 35.9 Å². The smallest absolute Gasteiger partial charge is 0.410 e. The second-order valence-electron chi connectivity index (χ2n) is 4.82. The van der Waals surface area contributed by atoms with E-state index in [1.165, 1.54) is 0 Å². The van der Waals surface area contributed by atoms with Gasteiger partial charge >= 0.3 is 12.1 Å². The second kappa shape index (κ2) is 4.91. The fraction of sp³-hybridized carbons (Fsp3) is 0.429. The zero-order valence-electron chi connectivity index (χ0n) is 10.5. The summed E-state index contributed by atoms with van der Waals surface area (Å²) in [7, 11) is 0. The van der Waals surface area contributed by atoms with E-state index in [1.807, 2.05) is 30.3 Å². The molecule has 2 atom stereocenters. The lowest BCUT2D eigenvalue weighted by molar-refractivity contribution is -0.141. The van der Waals surface area contributed by atoms with Gasteiger partial charge in [-0.15, -0.1) is 0 Å². The van der Waals surface area contributed by atoms with E-state index < -0.39 is 0 Å². The molecule has 3 rings (SSSR count). The summed E-state index contributed by atoms with van der Waals surface area (Å²) in [6, 6.07) is 9.38. The number of benzene rings is 1. The highest BCUT2D eigenvalue weighted by atomic mass is 16.6. The number of hydrogen-bond acceptors (Lipinski definition) is 4. The largest absolute Gasteiger partial charge is 0.460 e. The third kappa shape index (κ3) is 2.41. The second-order valence-corrected chi connectivity index (χ2v) is 4.82. The van der Waals surface area contributed by atoms with Crippen LogP contribution in [0, 0.1) is 0 Å². The molecule has 2 aliphatic rings. The highest BCUT2D eigenvalue weighted by Crippen LogP contribution is 2.30. The average molecular weight is 261 g/mol. The first-order valence-corrected chi connectivity index (χ1v) is 6.41. The molecule has 0 aromatic heterocycles. The van der Waals surface area contributed by atoms with Gasteiger partial charge in [0, 0.05) is 13.0 Å². The van der Waals surface area contributed by atoms with Gasteiger partial charge in [0.15, 0.2) is 0 Å². The molecule has 5 heteroatoms. The molecule has 1 amide bonds. The van der Waals surface area contributed by atoms with E-state index in [-0.39, 0.29) is 37.2 Å². The van der Waals surface area contributed by atoms with E-state index in [2.05, 4.69) is 0 Å². The zero-order chi connectivity index (χ0) is 13.2. The maximum atomic E-state index is 12.0. The Labute approximate surface area is 111 Å². The van der Waals surface area contributed by atoms with Gasteiger partial charge in [-0.05, 0) is 5.56 Å². The minimum Gasteiger partial charge on any atom is -0.460 e. The van der Waals surface area contributed by atoms with E-state index >= 15 is 0 Å². The van der Waals surface area contributed by atoms with Crippen LogP contribution < -0.4 is 0 Å². The number of esters is 1. The van der Waals surface area contributed by atoms with Crippen LogP contribution in [0.4, 0.5) is 4.79 Å². The highest BCUT2D eigenvalue weighted by molar-refractivity contribution is 5.76. The molecule has 0 N–H and O–H groups in total. The van der Waals surface area contributed by atoms with Crippen LogP contribution >= 0.6 is 0 Å². The molecule has 5 nitrogen and oxygen atoms in total. The maximum absolute atomic E-state index is 12.0. The first kappa shape index (κ1) is 12.0. The Morgan fingerprint density at radius 3 is 2.95 bits per heavy atom. The number of rotatable bonds is 2. The van der Waals surface area contributed by atoms with Crippen LogP contribution in [0.5, 0.6) is 0 Å². The number of hydrogen-bond donors (Lipinski definition) is 0. The topological polar surface area (TPSA) is 55.8 Å². The molecule has 0 radical (unpaired) electrons. The van der Waals surface area contributed by atoms with Gasteiger partial charge in [0.2, 0.25) is 0 Å². The number of likely N-dealkylation sites (tertiary alicyclic amines) is 1. The number of carbonyl (C=O) groups is 2. The Bertz CT molecular complexity index is 487. The van der Waals surface area contributed by atoms with Crippen LogP contribution in [-0.4, -0.2) is 35.7 Å². The van der Waals surface area contributed by atoms with E-state index in [0.29, 0.717) is 13.0 Å². The lowest BCUT2D eigenvalue weighted by Gasteiger charge is -2.21. The molecule has 1 aromatic carbocycles. The van der Waals surface area contributed by atoms with Gasteiger partial charge in [-0.1, -0.05) is 30.3 Å². The zero-order valence-corrected chi connectivity index (χ0v) is 10.5. The van der Waals surface area contributed by atoms with E-state index in [4.69, 9.17) is 9.47 Å². The normalized spacial score (nSPS) is 25.1. The van der Waals surface area contributed by atoms with Crippen molar-refractivity contribution in [1.82, 2.24) is 4.90 Å². The Morgan fingerprint density at radius 1 is 1.37 bits per heavy atom. The number of ether oxygens (including phenoxy) is 2. The fourth-order valence-electron chi connectivity index (χ4n) is 2.62. The Balaban J connectivity index is 1.58. The van der Waals surface area contributed by atoms with Crippen molar-refractivity contribution < 1.29 is 19.1 Å². The first-order chi connectivity index (χ1) is 9.24. The van der Waals surface area contributed by atoms with Crippen LogP contribution in [0.2, 0.25) is 0 Å². The molecule has 0 aliphatic carbocycles. The standard InChI is InChI=1S/C14H15NO4/c16-13-8-11-12(19-13)6-7-15(11)14(17)18-9-10-4-2-1-3-5-10/h1-5,11-12H,6-9H2/t11-,12-/m1/s1. The number of fused-ring (bicyclic) bond motifs is 1. The Kier molecular flexibility index (Phi) is 3.11. The van der Waals surface area contributed by atoms with Crippen molar-refractivity contribution in [3.63, 3.8) is 0 Å². The predicted molar refractivity (Wildman–Crippen MR) is 66.2 cm³/mol. The van der Waals surface area contributed by atoms with E-state index in [1.54, 1.807) is 4.90 Å². The van der Waals surface area contributed by atoms with Crippen molar-refractivity contribution in [2.24, 2.45) is 0 Å². The molecule has 0 saturated carbocycles. The van der Waals surface area contributed by atoms with Gasteiger partial charge in [-0.25, -0.2) is 4.79 Å². The van der Waals surface area contributed by atoms with Crippen LogP contribution in [0.15, 0.2) is 30.3 Å². The lowest BCUT2D eigenvalue weighted by atomic mass is 10.1. The summed E-state index contributed by atoms with van der Waals surface area (Å²) >= 11 is 0. The molecule has 100 valence electrons. The van der Waals surface area contributed by atoms with Gasteiger partial charge in [-0.2, -0.15) is 0 Å². The fourth-order valence-corrected chi connectivity index (χ4v) is 2.62. The SMILES string of the molecule is O=C1C[C@@H]2[C@@H](CCN2C(=O)OCc2ccccc2)O1. The molecule has 0 spiro atoms. The van der Waals surface area contributed by atoms with Gasteiger partial charge in [0.25, 0.3) is 0 Å². The predicted octanol–water partition coefficient (Wildman–Crippen LogP) is 1.71. The molecule has 0 unspecified atom stereocenters. The molecule has 0 bridgehead atoms. The summed E-state index contributed by atoms with van der Waals surface area (Å²) in [6.07, 6.45) is 0.480. The molecule has 19 heavy (non-hydrogen) atoms. The van der Waals surface area contributed by atoms with Crippen molar-refractivity contribution in [1.29, 1.82) is 0 Å². The molecule has 2 fully saturated rings. The van der Waals surface area contributed by atoms with Gasteiger partial charge in [0.05, 0.1) is 12.5 Å². The quantitative estimate of drug-likeness (QED) is 0.760. The number of carbonyl (C=O) groups excluding carboxylic acids is 2. The van der Waals surface area contributed by atoms with Crippen LogP contribution in [-0.2, 0) is 20.9 Å². The first-order valence-electron chi connectivity index (χ1n) is 6.41. The lowest BCUT2D eigenvalue weighted by Crippen LogP contribution is -2.37. The summed E-state index contributed by atoms with van der Waals surface area (Å²) in [6.45, 7) is 0.846. The summed E-state index contributed by atoms with van der Waals surface area (Å²) < 4.78 is 10.4. The van der Waals surface area contributed by atoms with Crippen molar-refractivity contribution in [3.8, 4) is 0 Å². The van der Waals surface area contributed by atoms with Gasteiger partial charge in [-0.3, -0.25) is 4.79 Å². The van der Waals surface area contributed by atoms with Crippen molar-refractivity contribution in [2.75, 3.05) is 6.54 Å². The summed E-state index contributed by atoms with van der Waals surface area (Å²) in [5.41, 5.74) is 0.949. The van der Waals surface area contributed by atoms with Crippen LogP contribution in [0.1, 0.15) is 18.4 Å². The van der Waals surface area contributed by atoms with Crippen LogP contribution in [0.25, 0.3) is 0 Å². The van der Waals surface area contributed by atoms with Gasteiger partial charge < -0.3 is 14.4 Å². The Morgan fingerprint density at radius 2 is 2.16 bits per heavy atom. The molecule has 2 saturated heterocycles. The summed E-state index contributed by atoms with van der Waals surface area (Å²) in [5, 5.41) is 0. The molecule has 1 aromatic rings. The molecular weight excluding hydrogens is 246 g/mol. The number of nitrogens with zero attached hydrogens (tertiary/aromatic N) is 1. The van der Waals surface area contributed by atoms with Crippen molar-refractivity contribution >= 4 is 12.1 Å². The van der Waals surface area contributed by atoms with Crippen molar-refractivity contribution in [2.45, 2.75) is 31.6 Å². The van der Waals surface area contributed by atoms with Gasteiger partial charge in [0.1, 0.15) is 12.7 Å². The minimum absolute atomic E-state index is 0.142. The third-order valence-corrected chi connectivity index (χ3v) is 3.58. The van der Waals surface area contributed by atoms with Crippen LogP contribution in [0.3, 0.4) is 0 Å². The molecule has 2 aliphatic heterocycles. The van der Waals surface area contributed by atoms with E-state index in [0.717, 1.165) is 5.56 Å². The minimum atomic E-state index is -0.366. The summed E-state index contributed by atoms with van der Waals surface area (Å²) in [4.78, 5) is 24.8. The molecule has 2 heterocycles. The maximum Gasteiger partial charge on any atom is 0.410 e. The Hall–Kier alpha value is -2.04. The number of amides is 1. The van der Waals surface area contributed by atoms with E-state index in [9.17, 15) is 9.59 Å². The third-order valence-electron chi connectivity index (χ3n) is 3.58. The molecular formula is C14H15NO4. The monoisotopic (exact) mass is 261 g/mol.